The van der Waals surface area contributed by atoms with Crippen molar-refractivity contribution >= 4 is 32.5 Å². The van der Waals surface area contributed by atoms with Gasteiger partial charge in [0.05, 0.1) is 29.5 Å². The largest absolute Gasteiger partial charge is 0.315 e. The number of amides is 1. The number of carbonyl (C=O) groups is 1. The molecule has 12 heteroatoms. The first kappa shape index (κ1) is 26.5. The van der Waals surface area contributed by atoms with Gasteiger partial charge in [-0.3, -0.25) is 4.79 Å². The van der Waals surface area contributed by atoms with Crippen LogP contribution in [0.5, 0.6) is 0 Å². The first-order chi connectivity index (χ1) is 20.1. The Bertz CT molecular complexity index is 1960. The zero-order valence-corrected chi connectivity index (χ0v) is 24.0. The van der Waals surface area contributed by atoms with Gasteiger partial charge < -0.3 is 4.90 Å². The molecular weight excluding hydrogens is 557 g/mol. The summed E-state index contributed by atoms with van der Waals surface area (Å²) in [5.41, 5.74) is 3.47. The molecule has 1 aliphatic heterocycles. The number of rotatable bonds is 6. The van der Waals surface area contributed by atoms with Gasteiger partial charge in [0.1, 0.15) is 5.82 Å². The standard InChI is InChI=1S/C30H28FN7O3S/c1-19-13-26-20(15-33-38(26)23-11-9-21(31)10-12-23)14-24(19)30-18-37(42(40,41)27-16-32-36(3)34-27)17-25(30)28(30)29(39)35(2)22-7-5-4-6-8-22/h4-16,25,28H,17-18H2,1-3H3. The van der Waals surface area contributed by atoms with E-state index in [1.165, 1.54) is 27.4 Å². The summed E-state index contributed by atoms with van der Waals surface area (Å²) in [5, 5.41) is 13.3. The average Bonchev–Trinajstić information content (AvgIpc) is 3.41. The fraction of sp³-hybridized carbons (Fsp3) is 0.267. The van der Waals surface area contributed by atoms with Gasteiger partial charge in [-0.25, -0.2) is 17.5 Å². The highest BCUT2D eigenvalue weighted by Gasteiger charge is 2.74. The normalized spacial score (nSPS) is 21.9. The van der Waals surface area contributed by atoms with Crippen LogP contribution in [-0.4, -0.2) is 63.5 Å². The van der Waals surface area contributed by atoms with Crippen molar-refractivity contribution in [1.29, 1.82) is 0 Å². The van der Waals surface area contributed by atoms with Gasteiger partial charge >= 0.3 is 0 Å². The predicted molar refractivity (Wildman–Crippen MR) is 154 cm³/mol. The Morgan fingerprint density at radius 2 is 1.79 bits per heavy atom. The summed E-state index contributed by atoms with van der Waals surface area (Å²) in [4.78, 5) is 16.9. The van der Waals surface area contributed by atoms with Gasteiger partial charge in [-0.15, -0.1) is 5.10 Å². The van der Waals surface area contributed by atoms with Crippen molar-refractivity contribution < 1.29 is 17.6 Å². The molecule has 2 fully saturated rings. The van der Waals surface area contributed by atoms with Crippen LogP contribution >= 0.6 is 0 Å². The number of sulfonamides is 1. The second kappa shape index (κ2) is 9.30. The summed E-state index contributed by atoms with van der Waals surface area (Å²) in [6.45, 7) is 2.32. The molecule has 7 rings (SSSR count). The Morgan fingerprint density at radius 3 is 2.48 bits per heavy atom. The molecule has 10 nitrogen and oxygen atoms in total. The number of carbonyl (C=O) groups excluding carboxylic acids is 1. The molecule has 3 heterocycles. The van der Waals surface area contributed by atoms with Crippen LogP contribution in [-0.2, 0) is 27.3 Å². The topological polar surface area (TPSA) is 106 Å². The molecule has 3 atom stereocenters. The average molecular weight is 586 g/mol. The molecule has 3 aromatic carbocycles. The third-order valence-electron chi connectivity index (χ3n) is 8.76. The molecule has 1 amide bonds. The molecule has 3 unspecified atom stereocenters. The van der Waals surface area contributed by atoms with E-state index in [9.17, 15) is 17.6 Å². The highest BCUT2D eigenvalue weighted by atomic mass is 32.2. The molecule has 5 aromatic rings. The van der Waals surface area contributed by atoms with E-state index in [-0.39, 0.29) is 35.8 Å². The molecule has 42 heavy (non-hydrogen) atoms. The molecule has 0 N–H and O–H groups in total. The number of fused-ring (bicyclic) bond motifs is 2. The minimum Gasteiger partial charge on any atom is -0.315 e. The second-order valence-electron chi connectivity index (χ2n) is 11.1. The number of halogens is 1. The van der Waals surface area contributed by atoms with E-state index < -0.39 is 21.4 Å². The number of benzene rings is 3. The van der Waals surface area contributed by atoms with E-state index >= 15 is 0 Å². The van der Waals surface area contributed by atoms with Crippen LogP contribution in [0.2, 0.25) is 0 Å². The molecular formula is C30H28FN7O3S. The highest BCUT2D eigenvalue weighted by Crippen LogP contribution is 2.66. The number of nitrogens with zero attached hydrogens (tertiary/aromatic N) is 7. The number of piperidine rings is 1. The van der Waals surface area contributed by atoms with Crippen molar-refractivity contribution in [1.82, 2.24) is 29.1 Å². The summed E-state index contributed by atoms with van der Waals surface area (Å²) < 4.78 is 43.9. The van der Waals surface area contributed by atoms with Gasteiger partial charge in [0.15, 0.2) is 0 Å². The molecule has 214 valence electrons. The van der Waals surface area contributed by atoms with Crippen molar-refractivity contribution in [2.24, 2.45) is 18.9 Å². The maximum atomic E-state index is 14.0. The molecule has 0 radical (unpaired) electrons. The number of para-hydroxylation sites is 1. The number of aromatic nitrogens is 5. The van der Waals surface area contributed by atoms with Crippen molar-refractivity contribution in [2.45, 2.75) is 17.4 Å². The first-order valence-corrected chi connectivity index (χ1v) is 15.0. The van der Waals surface area contributed by atoms with E-state index in [1.54, 1.807) is 42.0 Å². The van der Waals surface area contributed by atoms with E-state index in [0.29, 0.717) is 0 Å². The van der Waals surface area contributed by atoms with E-state index in [2.05, 4.69) is 15.3 Å². The van der Waals surface area contributed by atoms with Crippen LogP contribution in [0.4, 0.5) is 10.1 Å². The van der Waals surface area contributed by atoms with Gasteiger partial charge in [-0.1, -0.05) is 18.2 Å². The number of anilines is 1. The van der Waals surface area contributed by atoms with Crippen molar-refractivity contribution in [3.63, 3.8) is 0 Å². The van der Waals surface area contributed by atoms with Gasteiger partial charge in [-0.2, -0.15) is 19.3 Å². The van der Waals surface area contributed by atoms with Crippen molar-refractivity contribution in [2.75, 3.05) is 25.0 Å². The summed E-state index contributed by atoms with van der Waals surface area (Å²) in [5.74, 6) is -1.000. The lowest BCUT2D eigenvalue weighted by Gasteiger charge is -2.26. The quantitative estimate of drug-likeness (QED) is 0.302. The van der Waals surface area contributed by atoms with Crippen LogP contribution in [0.3, 0.4) is 0 Å². The molecule has 2 aliphatic rings. The van der Waals surface area contributed by atoms with Gasteiger partial charge in [-0.05, 0) is 72.5 Å². The second-order valence-corrected chi connectivity index (χ2v) is 13.0. The lowest BCUT2D eigenvalue weighted by molar-refractivity contribution is -0.120. The molecule has 0 spiro atoms. The Morgan fingerprint density at radius 1 is 1.05 bits per heavy atom. The molecule has 1 saturated carbocycles. The third kappa shape index (κ3) is 3.89. The minimum absolute atomic E-state index is 0.0516. The Kier molecular flexibility index (Phi) is 5.86. The van der Waals surface area contributed by atoms with Crippen molar-refractivity contribution in [3.05, 3.63) is 96.1 Å². The summed E-state index contributed by atoms with van der Waals surface area (Å²) in [6.07, 6.45) is 2.99. The number of hydrogen-bond acceptors (Lipinski definition) is 6. The Labute approximate surface area is 242 Å². The van der Waals surface area contributed by atoms with E-state index in [4.69, 9.17) is 0 Å². The van der Waals surface area contributed by atoms with Crippen LogP contribution in [0.1, 0.15) is 11.1 Å². The predicted octanol–water partition coefficient (Wildman–Crippen LogP) is 3.45. The lowest BCUT2D eigenvalue weighted by atomic mass is 9.88. The zero-order valence-electron chi connectivity index (χ0n) is 23.2. The minimum atomic E-state index is -3.91. The summed E-state index contributed by atoms with van der Waals surface area (Å²) in [7, 11) is -0.582. The van der Waals surface area contributed by atoms with Gasteiger partial charge in [0, 0.05) is 43.7 Å². The molecule has 1 aliphatic carbocycles. The fourth-order valence-electron chi connectivity index (χ4n) is 6.64. The van der Waals surface area contributed by atoms with Crippen LogP contribution in [0, 0.1) is 24.6 Å². The Hall–Kier alpha value is -4.42. The summed E-state index contributed by atoms with van der Waals surface area (Å²) in [6, 6.07) is 19.6. The van der Waals surface area contributed by atoms with Gasteiger partial charge in [0.25, 0.3) is 10.0 Å². The van der Waals surface area contributed by atoms with Gasteiger partial charge in [0.2, 0.25) is 10.9 Å². The van der Waals surface area contributed by atoms with Crippen LogP contribution in [0.25, 0.3) is 16.6 Å². The number of aryl methyl sites for hydroxylation is 2. The highest BCUT2D eigenvalue weighted by molar-refractivity contribution is 7.89. The maximum absolute atomic E-state index is 14.0. The van der Waals surface area contributed by atoms with Crippen molar-refractivity contribution in [3.8, 4) is 5.69 Å². The SMILES string of the molecule is Cc1cc2c(cnn2-c2ccc(F)cc2)cc1C12CN(S(=O)(=O)c3cnn(C)n3)CC1C2C(=O)N(C)c1ccccc1. The maximum Gasteiger partial charge on any atom is 0.264 e. The lowest BCUT2D eigenvalue weighted by Crippen LogP contribution is -2.39. The Balaban J connectivity index is 1.31. The van der Waals surface area contributed by atoms with E-state index in [1.807, 2.05) is 49.4 Å². The smallest absolute Gasteiger partial charge is 0.264 e. The molecule has 2 aromatic heterocycles. The third-order valence-corrected chi connectivity index (χ3v) is 10.4. The zero-order chi connectivity index (χ0) is 29.4. The monoisotopic (exact) mass is 585 g/mol. The fourth-order valence-corrected chi connectivity index (χ4v) is 8.05. The summed E-state index contributed by atoms with van der Waals surface area (Å²) >= 11 is 0. The van der Waals surface area contributed by atoms with Crippen LogP contribution in [0.15, 0.2) is 84.1 Å². The first-order valence-electron chi connectivity index (χ1n) is 13.5. The molecule has 1 saturated heterocycles. The number of hydrogen-bond donors (Lipinski definition) is 0. The van der Waals surface area contributed by atoms with Crippen LogP contribution < -0.4 is 4.90 Å². The van der Waals surface area contributed by atoms with E-state index in [0.717, 1.165) is 33.4 Å². The molecule has 0 bridgehead atoms.